The minimum atomic E-state index is -0.750. The van der Waals surface area contributed by atoms with Gasteiger partial charge in [-0.1, -0.05) is 6.07 Å². The number of anilines is 1. The minimum Gasteiger partial charge on any atom is -0.392 e. The highest BCUT2D eigenvalue weighted by Gasteiger charge is 2.19. The molecule has 100 valence electrons. The lowest BCUT2D eigenvalue weighted by molar-refractivity contribution is -0.384. The van der Waals surface area contributed by atoms with E-state index in [9.17, 15) is 20.3 Å². The van der Waals surface area contributed by atoms with Crippen LogP contribution in [0.3, 0.4) is 0 Å². The summed E-state index contributed by atoms with van der Waals surface area (Å²) >= 11 is 0. The molecule has 1 aromatic rings. The molecule has 0 saturated carbocycles. The zero-order valence-corrected chi connectivity index (χ0v) is 10.7. The number of likely N-dealkylation sites (N-methyl/N-ethyl adjacent to an activating group) is 1. The fraction of sp³-hybridized carbons (Fsp3) is 0.500. The molecule has 0 aromatic heterocycles. The molecule has 0 saturated heterocycles. The number of aliphatic hydroxyl groups is 2. The van der Waals surface area contributed by atoms with Crippen molar-refractivity contribution in [1.82, 2.24) is 0 Å². The fourth-order valence-corrected chi connectivity index (χ4v) is 1.76. The third-order valence-electron chi connectivity index (χ3n) is 2.63. The molecule has 0 spiro atoms. The number of nitrogens with zero attached hydrogens (tertiary/aromatic N) is 2. The first kappa shape index (κ1) is 14.4. The molecule has 6 nitrogen and oxygen atoms in total. The Morgan fingerprint density at radius 1 is 1.39 bits per heavy atom. The normalized spacial score (nSPS) is 14.1. The zero-order chi connectivity index (χ0) is 13.9. The van der Waals surface area contributed by atoms with Crippen LogP contribution in [0.15, 0.2) is 18.2 Å². The van der Waals surface area contributed by atoms with E-state index in [1.54, 1.807) is 37.9 Å². The van der Waals surface area contributed by atoms with Gasteiger partial charge >= 0.3 is 0 Å². The summed E-state index contributed by atoms with van der Waals surface area (Å²) in [4.78, 5) is 12.2. The number of hydrogen-bond acceptors (Lipinski definition) is 5. The van der Waals surface area contributed by atoms with Crippen LogP contribution in [-0.2, 0) is 0 Å². The Balaban J connectivity index is 3.15. The summed E-state index contributed by atoms with van der Waals surface area (Å²) in [7, 11) is 1.68. The zero-order valence-electron chi connectivity index (χ0n) is 10.7. The van der Waals surface area contributed by atoms with Crippen molar-refractivity contribution in [2.24, 2.45) is 0 Å². The Bertz CT molecular complexity index is 432. The number of rotatable bonds is 5. The maximum Gasteiger partial charge on any atom is 0.292 e. The molecule has 1 unspecified atom stereocenters. The summed E-state index contributed by atoms with van der Waals surface area (Å²) in [5.74, 6) is 0. The molecule has 0 fully saturated rings. The van der Waals surface area contributed by atoms with Crippen LogP contribution in [0.5, 0.6) is 0 Å². The lowest BCUT2D eigenvalue weighted by Crippen LogP contribution is -2.27. The van der Waals surface area contributed by atoms with Gasteiger partial charge in [0.2, 0.25) is 0 Å². The van der Waals surface area contributed by atoms with E-state index in [0.29, 0.717) is 17.8 Å². The van der Waals surface area contributed by atoms with Gasteiger partial charge in [-0.05, 0) is 25.5 Å². The van der Waals surface area contributed by atoms with Crippen LogP contribution in [0.25, 0.3) is 0 Å². The first-order chi connectivity index (χ1) is 8.32. The summed E-state index contributed by atoms with van der Waals surface area (Å²) < 4.78 is 0. The lowest BCUT2D eigenvalue weighted by atomic mass is 10.1. The van der Waals surface area contributed by atoms with E-state index in [1.807, 2.05) is 0 Å². The molecule has 2 N–H and O–H groups in total. The summed E-state index contributed by atoms with van der Waals surface area (Å²) in [6, 6.07) is 4.59. The van der Waals surface area contributed by atoms with E-state index in [4.69, 9.17) is 0 Å². The quantitative estimate of drug-likeness (QED) is 0.613. The summed E-state index contributed by atoms with van der Waals surface area (Å²) in [6.07, 6.45) is -1.33. The average Bonchev–Trinajstić information content (AvgIpc) is 2.26. The highest BCUT2D eigenvalue weighted by Crippen LogP contribution is 2.30. The van der Waals surface area contributed by atoms with E-state index in [-0.39, 0.29) is 5.69 Å². The van der Waals surface area contributed by atoms with Crippen molar-refractivity contribution in [2.75, 3.05) is 18.5 Å². The number of nitro groups is 1. The number of hydrogen-bond donors (Lipinski definition) is 2. The SMILES string of the molecule is CC(O)CN(C)c1ccc([C@@H](C)O)cc1[N+](=O)[O-]. The number of nitro benzene ring substituents is 1. The van der Waals surface area contributed by atoms with Crippen LogP contribution in [0.1, 0.15) is 25.5 Å². The number of aliphatic hydroxyl groups excluding tert-OH is 2. The molecule has 0 heterocycles. The first-order valence-corrected chi connectivity index (χ1v) is 5.68. The van der Waals surface area contributed by atoms with Crippen molar-refractivity contribution >= 4 is 11.4 Å². The smallest absolute Gasteiger partial charge is 0.292 e. The third-order valence-corrected chi connectivity index (χ3v) is 2.63. The van der Waals surface area contributed by atoms with Crippen LogP contribution in [-0.4, -0.2) is 34.8 Å². The van der Waals surface area contributed by atoms with Gasteiger partial charge in [0.05, 0.1) is 17.1 Å². The van der Waals surface area contributed by atoms with Gasteiger partial charge in [0.1, 0.15) is 5.69 Å². The predicted octanol–water partition coefficient (Wildman–Crippen LogP) is 1.47. The van der Waals surface area contributed by atoms with Crippen molar-refractivity contribution in [3.63, 3.8) is 0 Å². The van der Waals surface area contributed by atoms with Crippen molar-refractivity contribution < 1.29 is 15.1 Å². The average molecular weight is 254 g/mol. The van der Waals surface area contributed by atoms with Crippen LogP contribution >= 0.6 is 0 Å². The topological polar surface area (TPSA) is 86.8 Å². The Kier molecular flexibility index (Phi) is 4.63. The monoisotopic (exact) mass is 254 g/mol. The highest BCUT2D eigenvalue weighted by molar-refractivity contribution is 5.64. The summed E-state index contributed by atoms with van der Waals surface area (Å²) in [5.41, 5.74) is 0.845. The molecule has 0 aliphatic heterocycles. The van der Waals surface area contributed by atoms with Crippen LogP contribution in [0.2, 0.25) is 0 Å². The van der Waals surface area contributed by atoms with Gasteiger partial charge in [0, 0.05) is 19.7 Å². The number of benzene rings is 1. The predicted molar refractivity (Wildman–Crippen MR) is 68.7 cm³/mol. The molecule has 1 rings (SSSR count). The molecular formula is C12H18N2O4. The second-order valence-electron chi connectivity index (χ2n) is 4.41. The van der Waals surface area contributed by atoms with E-state index in [0.717, 1.165) is 0 Å². The molecule has 0 aliphatic carbocycles. The van der Waals surface area contributed by atoms with Gasteiger partial charge in [-0.3, -0.25) is 10.1 Å². The molecule has 0 radical (unpaired) electrons. The Hall–Kier alpha value is -1.66. The summed E-state index contributed by atoms with van der Waals surface area (Å²) in [5, 5.41) is 29.8. The maximum absolute atomic E-state index is 11.0. The molecule has 1 aromatic carbocycles. The molecule has 0 bridgehead atoms. The first-order valence-electron chi connectivity index (χ1n) is 5.68. The van der Waals surface area contributed by atoms with E-state index < -0.39 is 17.1 Å². The van der Waals surface area contributed by atoms with Crippen LogP contribution in [0, 0.1) is 10.1 Å². The summed E-state index contributed by atoms with van der Waals surface area (Å²) in [6.45, 7) is 3.47. The van der Waals surface area contributed by atoms with E-state index in [2.05, 4.69) is 0 Å². The molecule has 0 aliphatic rings. The van der Waals surface area contributed by atoms with E-state index in [1.165, 1.54) is 6.07 Å². The molecular weight excluding hydrogens is 236 g/mol. The second-order valence-corrected chi connectivity index (χ2v) is 4.41. The highest BCUT2D eigenvalue weighted by atomic mass is 16.6. The second kappa shape index (κ2) is 5.79. The van der Waals surface area contributed by atoms with Gasteiger partial charge in [0.15, 0.2) is 0 Å². The Labute approximate surface area is 106 Å². The molecule has 18 heavy (non-hydrogen) atoms. The van der Waals surface area contributed by atoms with Crippen molar-refractivity contribution in [3.05, 3.63) is 33.9 Å². The van der Waals surface area contributed by atoms with Gasteiger partial charge in [-0.2, -0.15) is 0 Å². The van der Waals surface area contributed by atoms with Gasteiger partial charge in [-0.15, -0.1) is 0 Å². The van der Waals surface area contributed by atoms with E-state index >= 15 is 0 Å². The van der Waals surface area contributed by atoms with Gasteiger partial charge in [0.25, 0.3) is 5.69 Å². The molecule has 6 heteroatoms. The molecule has 0 amide bonds. The maximum atomic E-state index is 11.0. The molecule has 2 atom stereocenters. The lowest BCUT2D eigenvalue weighted by Gasteiger charge is -2.21. The van der Waals surface area contributed by atoms with Crippen molar-refractivity contribution in [2.45, 2.75) is 26.1 Å². The fourth-order valence-electron chi connectivity index (χ4n) is 1.76. The minimum absolute atomic E-state index is 0.0726. The van der Waals surface area contributed by atoms with Gasteiger partial charge in [-0.25, -0.2) is 0 Å². The van der Waals surface area contributed by atoms with Crippen LogP contribution in [0.4, 0.5) is 11.4 Å². The Morgan fingerprint density at radius 3 is 2.44 bits per heavy atom. The standard InChI is InChI=1S/C12H18N2O4/c1-8(15)7-13(3)11-5-4-10(9(2)16)6-12(11)14(17)18/h4-6,8-9,15-16H,7H2,1-3H3/t8?,9-/m1/s1. The largest absolute Gasteiger partial charge is 0.392 e. The van der Waals surface area contributed by atoms with Crippen LogP contribution < -0.4 is 4.90 Å². The van der Waals surface area contributed by atoms with Crippen molar-refractivity contribution in [1.29, 1.82) is 0 Å². The van der Waals surface area contributed by atoms with Crippen molar-refractivity contribution in [3.8, 4) is 0 Å². The Morgan fingerprint density at radius 2 is 2.00 bits per heavy atom. The van der Waals surface area contributed by atoms with Gasteiger partial charge < -0.3 is 15.1 Å². The third kappa shape index (κ3) is 3.41.